The summed E-state index contributed by atoms with van der Waals surface area (Å²) >= 11 is 0. The number of nitrogens with zero attached hydrogens (tertiary/aromatic N) is 4. The van der Waals surface area contributed by atoms with E-state index in [1.54, 1.807) is 0 Å². The van der Waals surface area contributed by atoms with Crippen molar-refractivity contribution in [2.24, 2.45) is 0 Å². The lowest BCUT2D eigenvalue weighted by molar-refractivity contribution is -0.912. The van der Waals surface area contributed by atoms with Crippen LogP contribution >= 0.6 is 12.4 Å². The van der Waals surface area contributed by atoms with Gasteiger partial charge in [-0.1, -0.05) is 71.1 Å². The van der Waals surface area contributed by atoms with Crippen LogP contribution in [0.5, 0.6) is 0 Å². The second kappa shape index (κ2) is 20.3. The molecule has 2 saturated heterocycles. The molecule has 2 aliphatic heterocycles. The average molecular weight is 659 g/mol. The Morgan fingerprint density at radius 3 is 1.33 bits per heavy atom. The Hall–Kier alpha value is -2.15. The molecule has 2 aliphatic rings. The molecule has 0 radical (unpaired) electrons. The normalized spacial score (nSPS) is 18.3. The van der Waals surface area contributed by atoms with Gasteiger partial charge in [-0.3, -0.25) is 0 Å². The van der Waals surface area contributed by atoms with Crippen LogP contribution in [0.1, 0.15) is 96.8 Å². The first kappa shape index (κ1) is 40.0. The molecule has 2 unspecified atom stereocenters. The molecule has 0 saturated carbocycles. The van der Waals surface area contributed by atoms with Crippen molar-refractivity contribution < 1.29 is 8.97 Å². The van der Waals surface area contributed by atoms with E-state index < -0.39 is 0 Å². The summed E-state index contributed by atoms with van der Waals surface area (Å²) in [6.07, 6.45) is 19.7. The van der Waals surface area contributed by atoms with Crippen molar-refractivity contribution in [1.82, 2.24) is 0 Å². The van der Waals surface area contributed by atoms with Crippen LogP contribution in [-0.4, -0.2) is 89.0 Å². The molecular formula is C39H71ClN6+2. The van der Waals surface area contributed by atoms with E-state index in [1.807, 2.05) is 24.3 Å². The molecule has 262 valence electrons. The summed E-state index contributed by atoms with van der Waals surface area (Å²) in [5.74, 6) is 0. The molecule has 6 nitrogen and oxygen atoms in total. The van der Waals surface area contributed by atoms with Crippen LogP contribution in [0.3, 0.4) is 0 Å². The zero-order valence-corrected chi connectivity index (χ0v) is 31.4. The van der Waals surface area contributed by atoms with Gasteiger partial charge in [0.2, 0.25) is 0 Å². The molecular weight excluding hydrogens is 588 g/mol. The molecule has 0 aromatic heterocycles. The molecule has 2 heterocycles. The van der Waals surface area contributed by atoms with Crippen molar-refractivity contribution in [2.75, 3.05) is 89.2 Å². The highest BCUT2D eigenvalue weighted by Gasteiger charge is 2.35. The third-order valence-electron chi connectivity index (χ3n) is 10.5. The molecule has 0 bridgehead atoms. The smallest absolute Gasteiger partial charge is 0.108 e. The van der Waals surface area contributed by atoms with E-state index in [0.29, 0.717) is 0 Å². The maximum Gasteiger partial charge on any atom is 0.108 e. The van der Waals surface area contributed by atoms with Crippen molar-refractivity contribution in [3.05, 3.63) is 48.5 Å². The summed E-state index contributed by atoms with van der Waals surface area (Å²) in [7, 11) is 11.7. The van der Waals surface area contributed by atoms with Gasteiger partial charge >= 0.3 is 0 Å². The van der Waals surface area contributed by atoms with Gasteiger partial charge in [0.05, 0.1) is 54.9 Å². The van der Waals surface area contributed by atoms with Crippen molar-refractivity contribution >= 4 is 35.2 Å². The summed E-state index contributed by atoms with van der Waals surface area (Å²) in [6, 6.07) is 18.1. The minimum atomic E-state index is 0. The third-order valence-corrected chi connectivity index (χ3v) is 10.5. The SMILES string of the molecule is CCCCCCCCCCCCCC[N+](C)(C)C1CCN(c2ccc(N)cc2)C1.C[N+](C)(C)C1CCN(c2ccc(N)cc2)C1.Cl. The fourth-order valence-corrected chi connectivity index (χ4v) is 7.07. The van der Waals surface area contributed by atoms with Gasteiger partial charge in [0.15, 0.2) is 0 Å². The van der Waals surface area contributed by atoms with E-state index in [2.05, 4.69) is 76.2 Å². The number of quaternary nitrogens is 2. The maximum atomic E-state index is 5.84. The molecule has 7 heteroatoms. The number of hydrogen-bond acceptors (Lipinski definition) is 4. The van der Waals surface area contributed by atoms with Gasteiger partial charge in [0.1, 0.15) is 12.1 Å². The molecule has 2 fully saturated rings. The van der Waals surface area contributed by atoms with Crippen LogP contribution in [0.15, 0.2) is 48.5 Å². The summed E-state index contributed by atoms with van der Waals surface area (Å²) < 4.78 is 2.22. The van der Waals surface area contributed by atoms with Crippen molar-refractivity contribution in [2.45, 2.75) is 109 Å². The second-order valence-corrected chi connectivity index (χ2v) is 15.5. The topological polar surface area (TPSA) is 58.5 Å². The predicted octanol–water partition coefficient (Wildman–Crippen LogP) is 8.60. The number of benzene rings is 2. The van der Waals surface area contributed by atoms with E-state index in [9.17, 15) is 0 Å². The van der Waals surface area contributed by atoms with Gasteiger partial charge in [-0.2, -0.15) is 0 Å². The number of rotatable bonds is 17. The van der Waals surface area contributed by atoms with Crippen molar-refractivity contribution in [1.29, 1.82) is 0 Å². The third kappa shape index (κ3) is 13.9. The van der Waals surface area contributed by atoms with Crippen molar-refractivity contribution in [3.8, 4) is 0 Å². The first-order chi connectivity index (χ1) is 21.5. The molecule has 0 spiro atoms. The Bertz CT molecular complexity index is 1070. The monoisotopic (exact) mass is 659 g/mol. The molecule has 2 aromatic rings. The molecule has 4 N–H and O–H groups in total. The van der Waals surface area contributed by atoms with Crippen LogP contribution in [0.25, 0.3) is 0 Å². The molecule has 0 amide bonds. The minimum absolute atomic E-state index is 0. The molecule has 46 heavy (non-hydrogen) atoms. The summed E-state index contributed by atoms with van der Waals surface area (Å²) in [5.41, 5.74) is 15.9. The maximum absolute atomic E-state index is 5.84. The van der Waals surface area contributed by atoms with Crippen LogP contribution < -0.4 is 21.3 Å². The lowest BCUT2D eigenvalue weighted by Crippen LogP contribution is -2.50. The highest BCUT2D eigenvalue weighted by molar-refractivity contribution is 5.85. The van der Waals surface area contributed by atoms with Gasteiger partial charge in [-0.25, -0.2) is 0 Å². The predicted molar refractivity (Wildman–Crippen MR) is 206 cm³/mol. The fourth-order valence-electron chi connectivity index (χ4n) is 7.07. The molecule has 0 aliphatic carbocycles. The number of anilines is 4. The number of nitrogen functional groups attached to an aromatic ring is 2. The van der Waals surface area contributed by atoms with Crippen molar-refractivity contribution in [3.63, 3.8) is 0 Å². The molecule has 2 atom stereocenters. The van der Waals surface area contributed by atoms with E-state index in [1.165, 1.54) is 125 Å². The average Bonchev–Trinajstić information content (AvgIpc) is 3.71. The Kier molecular flexibility index (Phi) is 17.6. The minimum Gasteiger partial charge on any atom is -0.399 e. The first-order valence-electron chi connectivity index (χ1n) is 18.3. The Balaban J connectivity index is 0.000000365. The number of likely N-dealkylation sites (N-methyl/N-ethyl adjacent to an activating group) is 2. The standard InChI is InChI=1S/C26H48N3.C13H22N3.ClH/c1-4-5-6-7-8-9-10-11-12-13-14-15-22-29(2,3)26-20-21-28(23-26)25-18-16-24(27)17-19-25;1-16(2,3)13-8-9-15(10-13)12-6-4-11(14)5-7-12;/h16-19,26H,4-15,20-23,27H2,1-3H3;4-7,13H,8-10,14H2,1-3H3;1H/q2*+1;. The van der Waals surface area contributed by atoms with E-state index in [4.69, 9.17) is 11.5 Å². The molecule has 4 rings (SSSR count). The zero-order chi connectivity index (χ0) is 32.7. The number of hydrogen-bond donors (Lipinski definition) is 2. The zero-order valence-electron chi connectivity index (χ0n) is 30.6. The largest absolute Gasteiger partial charge is 0.399 e. The number of nitrogens with two attached hydrogens (primary N) is 2. The molecule has 2 aromatic carbocycles. The van der Waals surface area contributed by atoms with Crippen LogP contribution in [0.2, 0.25) is 0 Å². The van der Waals surface area contributed by atoms with E-state index in [-0.39, 0.29) is 12.4 Å². The van der Waals surface area contributed by atoms with Crippen LogP contribution in [0.4, 0.5) is 22.7 Å². The summed E-state index contributed by atoms with van der Waals surface area (Å²) in [5, 5.41) is 0. The lowest BCUT2D eigenvalue weighted by atomic mass is 10.0. The first-order valence-corrected chi connectivity index (χ1v) is 18.3. The van der Waals surface area contributed by atoms with Gasteiger partial charge < -0.3 is 30.2 Å². The van der Waals surface area contributed by atoms with Gasteiger partial charge in [0.25, 0.3) is 0 Å². The quantitative estimate of drug-likeness (QED) is 0.102. The van der Waals surface area contributed by atoms with Gasteiger partial charge in [-0.05, 0) is 61.4 Å². The van der Waals surface area contributed by atoms with Gasteiger partial charge in [0, 0.05) is 48.7 Å². The fraction of sp³-hybridized carbons (Fsp3) is 0.692. The number of unbranched alkanes of at least 4 members (excludes halogenated alkanes) is 11. The van der Waals surface area contributed by atoms with Crippen LogP contribution in [-0.2, 0) is 0 Å². The summed E-state index contributed by atoms with van der Waals surface area (Å²) in [6.45, 7) is 8.27. The van der Waals surface area contributed by atoms with Gasteiger partial charge in [-0.15, -0.1) is 12.4 Å². The van der Waals surface area contributed by atoms with E-state index in [0.717, 1.165) is 41.0 Å². The highest BCUT2D eigenvalue weighted by atomic mass is 35.5. The second-order valence-electron chi connectivity index (χ2n) is 15.5. The van der Waals surface area contributed by atoms with Crippen LogP contribution in [0, 0.1) is 0 Å². The summed E-state index contributed by atoms with van der Waals surface area (Å²) in [4.78, 5) is 4.99. The Labute approximate surface area is 290 Å². The Morgan fingerprint density at radius 1 is 0.565 bits per heavy atom. The Morgan fingerprint density at radius 2 is 0.935 bits per heavy atom. The number of halogens is 1. The van der Waals surface area contributed by atoms with E-state index >= 15 is 0 Å². The lowest BCUT2D eigenvalue weighted by Gasteiger charge is -2.36. The highest BCUT2D eigenvalue weighted by Crippen LogP contribution is 2.27.